The highest BCUT2D eigenvalue weighted by molar-refractivity contribution is 5.90. The first-order valence-corrected chi connectivity index (χ1v) is 8.90. The van der Waals surface area contributed by atoms with E-state index in [1.165, 1.54) is 12.1 Å². The Kier molecular flexibility index (Phi) is 4.76. The van der Waals surface area contributed by atoms with Crippen molar-refractivity contribution < 1.29 is 9.50 Å². The minimum absolute atomic E-state index is 0.128. The number of para-hydroxylation sites is 1. The number of aromatic nitrogens is 2. The molecule has 0 aliphatic heterocycles. The van der Waals surface area contributed by atoms with Gasteiger partial charge in [-0.25, -0.2) is 9.37 Å². The molecule has 0 unspecified atom stereocenters. The SMILES string of the molecule is Cc1ccc(O)c(Nc2nc(NCc3ccc(F)cc3)c3ccccc3n2)c1. The molecule has 0 amide bonds. The lowest BCUT2D eigenvalue weighted by atomic mass is 10.2. The number of anilines is 3. The third-order valence-electron chi connectivity index (χ3n) is 4.37. The number of aromatic hydroxyl groups is 1. The van der Waals surface area contributed by atoms with Gasteiger partial charge in [0.2, 0.25) is 5.95 Å². The molecule has 0 aliphatic carbocycles. The van der Waals surface area contributed by atoms with Crippen LogP contribution in [0.15, 0.2) is 66.7 Å². The Morgan fingerprint density at radius 3 is 2.57 bits per heavy atom. The van der Waals surface area contributed by atoms with Gasteiger partial charge in [-0.3, -0.25) is 0 Å². The van der Waals surface area contributed by atoms with Crippen LogP contribution < -0.4 is 10.6 Å². The summed E-state index contributed by atoms with van der Waals surface area (Å²) in [7, 11) is 0. The van der Waals surface area contributed by atoms with Crippen LogP contribution in [0, 0.1) is 12.7 Å². The summed E-state index contributed by atoms with van der Waals surface area (Å²) in [6, 6.07) is 19.3. The summed E-state index contributed by atoms with van der Waals surface area (Å²) in [6.45, 7) is 2.44. The maximum atomic E-state index is 13.1. The molecular weight excluding hydrogens is 355 g/mol. The van der Waals surface area contributed by atoms with E-state index in [9.17, 15) is 9.50 Å². The fourth-order valence-corrected chi connectivity index (χ4v) is 2.93. The average molecular weight is 374 g/mol. The molecule has 0 bridgehead atoms. The van der Waals surface area contributed by atoms with Crippen molar-refractivity contribution in [2.75, 3.05) is 10.6 Å². The van der Waals surface area contributed by atoms with Gasteiger partial charge in [0.1, 0.15) is 17.4 Å². The number of phenols is 1. The highest BCUT2D eigenvalue weighted by Gasteiger charge is 2.10. The Morgan fingerprint density at radius 2 is 1.75 bits per heavy atom. The number of rotatable bonds is 5. The Labute approximate surface area is 161 Å². The first-order valence-electron chi connectivity index (χ1n) is 8.90. The molecule has 4 aromatic rings. The maximum absolute atomic E-state index is 13.1. The molecule has 140 valence electrons. The van der Waals surface area contributed by atoms with Gasteiger partial charge < -0.3 is 15.7 Å². The van der Waals surface area contributed by atoms with Crippen LogP contribution in [-0.2, 0) is 6.54 Å². The first kappa shape index (κ1) is 17.7. The van der Waals surface area contributed by atoms with Crippen LogP contribution in [-0.4, -0.2) is 15.1 Å². The Balaban J connectivity index is 1.66. The molecular formula is C22H19FN4O. The summed E-state index contributed by atoms with van der Waals surface area (Å²) in [5, 5.41) is 17.4. The van der Waals surface area contributed by atoms with Gasteiger partial charge in [-0.2, -0.15) is 4.98 Å². The lowest BCUT2D eigenvalue weighted by Gasteiger charge is -2.13. The van der Waals surface area contributed by atoms with Crippen LogP contribution in [0.4, 0.5) is 21.8 Å². The summed E-state index contributed by atoms with van der Waals surface area (Å²) in [5.41, 5.74) is 3.26. The third kappa shape index (κ3) is 3.86. The second kappa shape index (κ2) is 7.52. The Morgan fingerprint density at radius 1 is 0.964 bits per heavy atom. The number of halogens is 1. The zero-order valence-electron chi connectivity index (χ0n) is 15.3. The van der Waals surface area contributed by atoms with Crippen LogP contribution in [0.3, 0.4) is 0 Å². The Bertz CT molecular complexity index is 1130. The lowest BCUT2D eigenvalue weighted by Crippen LogP contribution is -2.06. The number of hydrogen-bond donors (Lipinski definition) is 3. The maximum Gasteiger partial charge on any atom is 0.229 e. The van der Waals surface area contributed by atoms with Gasteiger partial charge in [-0.05, 0) is 54.4 Å². The van der Waals surface area contributed by atoms with Crippen molar-refractivity contribution in [3.05, 3.63) is 83.7 Å². The van der Waals surface area contributed by atoms with Crippen molar-refractivity contribution in [1.29, 1.82) is 0 Å². The molecule has 3 N–H and O–H groups in total. The number of nitrogens with one attached hydrogen (secondary N) is 2. The zero-order chi connectivity index (χ0) is 19.5. The largest absolute Gasteiger partial charge is 0.506 e. The van der Waals surface area contributed by atoms with Gasteiger partial charge in [-0.1, -0.05) is 30.3 Å². The second-order valence-electron chi connectivity index (χ2n) is 6.54. The van der Waals surface area contributed by atoms with Crippen molar-refractivity contribution in [2.45, 2.75) is 13.5 Å². The molecule has 6 heteroatoms. The van der Waals surface area contributed by atoms with Crippen LogP contribution >= 0.6 is 0 Å². The zero-order valence-corrected chi connectivity index (χ0v) is 15.3. The quantitative estimate of drug-likeness (QED) is 0.422. The van der Waals surface area contributed by atoms with Gasteiger partial charge in [0.05, 0.1) is 11.2 Å². The van der Waals surface area contributed by atoms with E-state index in [1.54, 1.807) is 18.2 Å². The molecule has 4 rings (SSSR count). The van der Waals surface area contributed by atoms with Crippen LogP contribution in [0.5, 0.6) is 5.75 Å². The van der Waals surface area contributed by atoms with E-state index >= 15 is 0 Å². The topological polar surface area (TPSA) is 70.1 Å². The fraction of sp³-hybridized carbons (Fsp3) is 0.0909. The van der Waals surface area contributed by atoms with E-state index in [2.05, 4.69) is 20.6 Å². The minimum atomic E-state index is -0.263. The molecule has 0 aliphatic rings. The number of phenolic OH excluding ortho intramolecular Hbond substituents is 1. The second-order valence-corrected chi connectivity index (χ2v) is 6.54. The van der Waals surface area contributed by atoms with Crippen molar-refractivity contribution in [3.63, 3.8) is 0 Å². The van der Waals surface area contributed by atoms with Crippen molar-refractivity contribution >= 4 is 28.4 Å². The monoisotopic (exact) mass is 374 g/mol. The van der Waals surface area contributed by atoms with E-state index in [0.717, 1.165) is 22.0 Å². The molecule has 0 radical (unpaired) electrons. The molecule has 0 atom stereocenters. The molecule has 0 saturated carbocycles. The molecule has 0 spiro atoms. The van der Waals surface area contributed by atoms with Gasteiger partial charge in [0.25, 0.3) is 0 Å². The third-order valence-corrected chi connectivity index (χ3v) is 4.37. The summed E-state index contributed by atoms with van der Waals surface area (Å²) in [6.07, 6.45) is 0. The van der Waals surface area contributed by atoms with Crippen molar-refractivity contribution in [2.24, 2.45) is 0 Å². The molecule has 0 saturated heterocycles. The number of benzene rings is 3. The highest BCUT2D eigenvalue weighted by Crippen LogP contribution is 2.28. The summed E-state index contributed by atoms with van der Waals surface area (Å²) < 4.78 is 13.1. The summed E-state index contributed by atoms with van der Waals surface area (Å²) in [4.78, 5) is 9.13. The predicted octanol–water partition coefficient (Wildman–Crippen LogP) is 5.14. The Hall–Kier alpha value is -3.67. The molecule has 3 aromatic carbocycles. The van der Waals surface area contributed by atoms with Crippen LogP contribution in [0.25, 0.3) is 10.9 Å². The molecule has 1 aromatic heterocycles. The van der Waals surface area contributed by atoms with Crippen LogP contribution in [0.1, 0.15) is 11.1 Å². The molecule has 28 heavy (non-hydrogen) atoms. The minimum Gasteiger partial charge on any atom is -0.506 e. The van der Waals surface area contributed by atoms with E-state index < -0.39 is 0 Å². The molecule has 5 nitrogen and oxygen atoms in total. The summed E-state index contributed by atoms with van der Waals surface area (Å²) in [5.74, 6) is 0.898. The van der Waals surface area contributed by atoms with E-state index in [1.807, 2.05) is 43.3 Å². The van der Waals surface area contributed by atoms with E-state index in [-0.39, 0.29) is 11.6 Å². The lowest BCUT2D eigenvalue weighted by molar-refractivity contribution is 0.477. The normalized spacial score (nSPS) is 10.8. The van der Waals surface area contributed by atoms with Gasteiger partial charge in [0.15, 0.2) is 0 Å². The average Bonchev–Trinajstić information content (AvgIpc) is 2.70. The summed E-state index contributed by atoms with van der Waals surface area (Å²) >= 11 is 0. The predicted molar refractivity (Wildman–Crippen MR) is 109 cm³/mol. The van der Waals surface area contributed by atoms with Gasteiger partial charge in [-0.15, -0.1) is 0 Å². The van der Waals surface area contributed by atoms with Gasteiger partial charge >= 0.3 is 0 Å². The number of fused-ring (bicyclic) bond motifs is 1. The molecule has 1 heterocycles. The van der Waals surface area contributed by atoms with Crippen LogP contribution in [0.2, 0.25) is 0 Å². The first-order chi connectivity index (χ1) is 13.6. The van der Waals surface area contributed by atoms with Crippen molar-refractivity contribution in [1.82, 2.24) is 9.97 Å². The van der Waals surface area contributed by atoms with Gasteiger partial charge in [0, 0.05) is 11.9 Å². The standard InChI is InChI=1S/C22H19FN4O/c1-14-6-11-20(28)19(12-14)26-22-25-18-5-3-2-4-17(18)21(27-22)24-13-15-7-9-16(23)10-8-15/h2-12,28H,13H2,1H3,(H2,24,25,26,27). The highest BCUT2D eigenvalue weighted by atomic mass is 19.1. The molecule has 0 fully saturated rings. The number of aryl methyl sites for hydroxylation is 1. The number of hydrogen-bond acceptors (Lipinski definition) is 5. The van der Waals surface area contributed by atoms with E-state index in [4.69, 9.17) is 0 Å². The fourth-order valence-electron chi connectivity index (χ4n) is 2.93. The smallest absolute Gasteiger partial charge is 0.229 e. The van der Waals surface area contributed by atoms with E-state index in [0.29, 0.717) is 24.0 Å². The van der Waals surface area contributed by atoms with Crippen molar-refractivity contribution in [3.8, 4) is 5.75 Å². The number of nitrogens with zero attached hydrogens (tertiary/aromatic N) is 2.